The Labute approximate surface area is 115 Å². The summed E-state index contributed by atoms with van der Waals surface area (Å²) in [6.07, 6.45) is -3.55. The van der Waals surface area contributed by atoms with Gasteiger partial charge in [-0.3, -0.25) is 9.69 Å². The van der Waals surface area contributed by atoms with E-state index in [4.69, 9.17) is 0 Å². The lowest BCUT2D eigenvalue weighted by Crippen LogP contribution is -2.38. The van der Waals surface area contributed by atoms with Crippen molar-refractivity contribution in [3.63, 3.8) is 0 Å². The number of likely N-dealkylation sites (tertiary alicyclic amines) is 1. The molecule has 1 aromatic rings. The number of benzene rings is 1. The maximum atomic E-state index is 12.5. The van der Waals surface area contributed by atoms with Gasteiger partial charge in [0.1, 0.15) is 6.04 Å². The van der Waals surface area contributed by atoms with Crippen LogP contribution < -0.4 is 0 Å². The van der Waals surface area contributed by atoms with E-state index in [1.54, 1.807) is 4.90 Å². The normalized spacial score (nSPS) is 24.0. The maximum absolute atomic E-state index is 12.5. The quantitative estimate of drug-likeness (QED) is 0.929. The average molecular weight is 287 g/mol. The number of halogens is 3. The van der Waals surface area contributed by atoms with Crippen molar-refractivity contribution in [2.75, 3.05) is 6.54 Å². The van der Waals surface area contributed by atoms with Gasteiger partial charge in [0.15, 0.2) is 0 Å². The van der Waals surface area contributed by atoms with E-state index in [0.717, 1.165) is 18.6 Å². The summed E-state index contributed by atoms with van der Waals surface area (Å²) in [6, 6.07) is 4.32. The number of rotatable bonds is 3. The van der Waals surface area contributed by atoms with E-state index in [1.807, 2.05) is 6.92 Å². The number of carbonyl (C=O) groups is 1. The summed E-state index contributed by atoms with van der Waals surface area (Å²) < 4.78 is 37.4. The van der Waals surface area contributed by atoms with E-state index >= 15 is 0 Å². The molecule has 1 heterocycles. The van der Waals surface area contributed by atoms with Crippen molar-refractivity contribution in [2.45, 2.75) is 32.1 Å². The molecule has 1 fully saturated rings. The molecule has 0 spiro atoms. The Morgan fingerprint density at radius 2 is 1.95 bits per heavy atom. The highest BCUT2D eigenvalue weighted by molar-refractivity contribution is 5.74. The predicted molar refractivity (Wildman–Crippen MR) is 67.1 cm³/mol. The van der Waals surface area contributed by atoms with Crippen LogP contribution in [0.4, 0.5) is 13.2 Å². The largest absolute Gasteiger partial charge is 0.480 e. The summed E-state index contributed by atoms with van der Waals surface area (Å²) in [4.78, 5) is 13.0. The molecule has 0 aliphatic carbocycles. The predicted octanol–water partition coefficient (Wildman–Crippen LogP) is 3.00. The topological polar surface area (TPSA) is 40.5 Å². The fraction of sp³-hybridized carbons (Fsp3) is 0.500. The van der Waals surface area contributed by atoms with Gasteiger partial charge in [0.2, 0.25) is 0 Å². The number of nitrogens with zero attached hydrogens (tertiary/aromatic N) is 1. The third-order valence-electron chi connectivity index (χ3n) is 3.72. The van der Waals surface area contributed by atoms with Crippen LogP contribution in [0, 0.1) is 5.92 Å². The smallest absolute Gasteiger partial charge is 0.416 e. The Balaban J connectivity index is 2.09. The monoisotopic (exact) mass is 287 g/mol. The number of carboxylic acid groups (broad SMARTS) is 1. The zero-order chi connectivity index (χ0) is 14.9. The van der Waals surface area contributed by atoms with Crippen molar-refractivity contribution >= 4 is 5.97 Å². The van der Waals surface area contributed by atoms with Gasteiger partial charge in [0, 0.05) is 6.54 Å². The van der Waals surface area contributed by atoms with Crippen molar-refractivity contribution in [3.8, 4) is 0 Å². The molecule has 1 aromatic carbocycles. The number of hydrogen-bond acceptors (Lipinski definition) is 2. The first-order valence-electron chi connectivity index (χ1n) is 6.42. The molecular weight excluding hydrogens is 271 g/mol. The molecule has 2 unspecified atom stereocenters. The Kier molecular flexibility index (Phi) is 4.04. The van der Waals surface area contributed by atoms with Crippen LogP contribution in [0.3, 0.4) is 0 Å². The van der Waals surface area contributed by atoms with Crippen molar-refractivity contribution < 1.29 is 23.1 Å². The molecule has 20 heavy (non-hydrogen) atoms. The second-order valence-corrected chi connectivity index (χ2v) is 5.21. The van der Waals surface area contributed by atoms with Gasteiger partial charge >= 0.3 is 12.1 Å². The van der Waals surface area contributed by atoms with Crippen LogP contribution in [0.15, 0.2) is 24.3 Å². The third kappa shape index (κ3) is 3.12. The highest BCUT2D eigenvalue weighted by Crippen LogP contribution is 2.30. The molecule has 0 amide bonds. The van der Waals surface area contributed by atoms with E-state index in [2.05, 4.69) is 0 Å². The maximum Gasteiger partial charge on any atom is 0.416 e. The van der Waals surface area contributed by atoms with E-state index in [9.17, 15) is 23.1 Å². The summed E-state index contributed by atoms with van der Waals surface area (Å²) >= 11 is 0. The van der Waals surface area contributed by atoms with Crippen molar-refractivity contribution in [2.24, 2.45) is 5.92 Å². The van der Waals surface area contributed by atoms with Crippen LogP contribution in [0.1, 0.15) is 24.5 Å². The number of hydrogen-bond donors (Lipinski definition) is 1. The fourth-order valence-corrected chi connectivity index (χ4v) is 2.64. The summed E-state index contributed by atoms with van der Waals surface area (Å²) in [7, 11) is 0. The lowest BCUT2D eigenvalue weighted by atomic mass is 10.0. The van der Waals surface area contributed by atoms with Crippen LogP contribution in [-0.4, -0.2) is 28.6 Å². The summed E-state index contributed by atoms with van der Waals surface area (Å²) in [6.45, 7) is 2.89. The molecule has 3 nitrogen and oxygen atoms in total. The first-order chi connectivity index (χ1) is 9.29. The highest BCUT2D eigenvalue weighted by atomic mass is 19.4. The van der Waals surface area contributed by atoms with E-state index in [0.29, 0.717) is 18.7 Å². The van der Waals surface area contributed by atoms with Crippen LogP contribution in [0.5, 0.6) is 0 Å². The minimum Gasteiger partial charge on any atom is -0.480 e. The number of alkyl halides is 3. The minimum absolute atomic E-state index is 0.0574. The molecule has 1 saturated heterocycles. The van der Waals surface area contributed by atoms with Gasteiger partial charge in [-0.2, -0.15) is 13.2 Å². The zero-order valence-electron chi connectivity index (χ0n) is 11.0. The molecule has 0 saturated carbocycles. The van der Waals surface area contributed by atoms with Crippen LogP contribution in [-0.2, 0) is 17.5 Å². The first kappa shape index (κ1) is 14.8. The molecular formula is C14H16F3NO2. The zero-order valence-corrected chi connectivity index (χ0v) is 11.0. The first-order valence-corrected chi connectivity index (χ1v) is 6.42. The molecule has 1 aliphatic rings. The number of aliphatic carboxylic acids is 1. The van der Waals surface area contributed by atoms with Crippen LogP contribution in [0.25, 0.3) is 0 Å². The average Bonchev–Trinajstić information content (AvgIpc) is 2.70. The SMILES string of the molecule is CC1CCN(Cc2ccc(C(F)(F)F)cc2)C1C(=O)O. The van der Waals surface area contributed by atoms with E-state index in [1.165, 1.54) is 12.1 Å². The van der Waals surface area contributed by atoms with Gasteiger partial charge in [-0.05, 0) is 36.6 Å². The molecule has 0 bridgehead atoms. The Bertz CT molecular complexity index is 484. The molecule has 2 rings (SSSR count). The van der Waals surface area contributed by atoms with Gasteiger partial charge < -0.3 is 5.11 Å². The van der Waals surface area contributed by atoms with Gasteiger partial charge in [0.05, 0.1) is 5.56 Å². The molecule has 6 heteroatoms. The summed E-state index contributed by atoms with van der Waals surface area (Å²) in [5.74, 6) is -0.816. The van der Waals surface area contributed by atoms with E-state index in [-0.39, 0.29) is 5.92 Å². The van der Waals surface area contributed by atoms with Gasteiger partial charge in [-0.15, -0.1) is 0 Å². The second-order valence-electron chi connectivity index (χ2n) is 5.21. The van der Waals surface area contributed by atoms with Gasteiger partial charge in [-0.1, -0.05) is 19.1 Å². The molecule has 110 valence electrons. The van der Waals surface area contributed by atoms with Crippen molar-refractivity contribution in [1.82, 2.24) is 4.90 Å². The Hall–Kier alpha value is -1.56. The standard InChI is InChI=1S/C14H16F3NO2/c1-9-6-7-18(12(9)13(19)20)8-10-2-4-11(5-3-10)14(15,16)17/h2-5,9,12H,6-8H2,1H3,(H,19,20). The molecule has 1 N–H and O–H groups in total. The van der Waals surface area contributed by atoms with E-state index < -0.39 is 23.8 Å². The second kappa shape index (κ2) is 5.44. The minimum atomic E-state index is -4.34. The molecule has 2 atom stereocenters. The van der Waals surface area contributed by atoms with Gasteiger partial charge in [-0.25, -0.2) is 0 Å². The lowest BCUT2D eigenvalue weighted by Gasteiger charge is -2.23. The van der Waals surface area contributed by atoms with Crippen molar-refractivity contribution in [1.29, 1.82) is 0 Å². The molecule has 0 aromatic heterocycles. The molecule has 1 aliphatic heterocycles. The molecule has 0 radical (unpaired) electrons. The Morgan fingerprint density at radius 3 is 2.45 bits per heavy atom. The van der Waals surface area contributed by atoms with Crippen LogP contribution in [0.2, 0.25) is 0 Å². The lowest BCUT2D eigenvalue weighted by molar-refractivity contribution is -0.143. The highest BCUT2D eigenvalue weighted by Gasteiger charge is 2.36. The third-order valence-corrected chi connectivity index (χ3v) is 3.72. The fourth-order valence-electron chi connectivity index (χ4n) is 2.64. The van der Waals surface area contributed by atoms with Gasteiger partial charge in [0.25, 0.3) is 0 Å². The summed E-state index contributed by atoms with van der Waals surface area (Å²) in [5.41, 5.74) is 0.00387. The van der Waals surface area contributed by atoms with Crippen LogP contribution >= 0.6 is 0 Å². The number of carboxylic acids is 1. The Morgan fingerprint density at radius 1 is 1.35 bits per heavy atom. The summed E-state index contributed by atoms with van der Waals surface area (Å²) in [5, 5.41) is 9.19. The van der Waals surface area contributed by atoms with Crippen molar-refractivity contribution in [3.05, 3.63) is 35.4 Å².